The number of aryl methyl sites for hydroxylation is 1. The van der Waals surface area contributed by atoms with Crippen molar-refractivity contribution in [1.82, 2.24) is 5.32 Å². The quantitative estimate of drug-likeness (QED) is 0.483. The van der Waals surface area contributed by atoms with E-state index in [1.165, 1.54) is 24.2 Å². The number of carbonyl (C=O) groups excluding carboxylic acids is 2. The molecule has 1 fully saturated rings. The van der Waals surface area contributed by atoms with Crippen LogP contribution in [0.2, 0.25) is 0 Å². The van der Waals surface area contributed by atoms with E-state index in [-0.39, 0.29) is 16.4 Å². The van der Waals surface area contributed by atoms with Crippen LogP contribution < -0.4 is 15.0 Å². The predicted octanol–water partition coefficient (Wildman–Crippen LogP) is 2.79. The fourth-order valence-electron chi connectivity index (χ4n) is 2.74. The van der Waals surface area contributed by atoms with E-state index in [0.29, 0.717) is 17.0 Å². The van der Waals surface area contributed by atoms with Gasteiger partial charge in [-0.25, -0.2) is 0 Å². The fraction of sp³-hybridized carbons (Fsp3) is 0.150. The van der Waals surface area contributed by atoms with Crippen molar-refractivity contribution in [2.24, 2.45) is 0 Å². The third-order valence-electron chi connectivity index (χ3n) is 4.22. The van der Waals surface area contributed by atoms with Gasteiger partial charge < -0.3 is 9.84 Å². The van der Waals surface area contributed by atoms with Gasteiger partial charge in [0.1, 0.15) is 5.57 Å². The zero-order valence-corrected chi connectivity index (χ0v) is 15.7. The summed E-state index contributed by atoms with van der Waals surface area (Å²) in [6.45, 7) is 2.04. The Morgan fingerprint density at radius 2 is 1.89 bits per heavy atom. The Hall–Kier alpha value is -3.19. The van der Waals surface area contributed by atoms with Gasteiger partial charge in [0.25, 0.3) is 11.8 Å². The van der Waals surface area contributed by atoms with Crippen LogP contribution in [0, 0.1) is 0 Å². The Bertz CT molecular complexity index is 951. The molecule has 1 saturated heterocycles. The van der Waals surface area contributed by atoms with E-state index in [9.17, 15) is 14.7 Å². The van der Waals surface area contributed by atoms with Crippen molar-refractivity contribution < 1.29 is 19.4 Å². The number of aromatic hydroxyl groups is 1. The van der Waals surface area contributed by atoms with Gasteiger partial charge in [-0.05, 0) is 60.1 Å². The van der Waals surface area contributed by atoms with Crippen LogP contribution >= 0.6 is 12.2 Å². The van der Waals surface area contributed by atoms with E-state index in [2.05, 4.69) is 5.32 Å². The molecule has 2 aromatic carbocycles. The van der Waals surface area contributed by atoms with Crippen molar-refractivity contribution in [3.05, 3.63) is 59.2 Å². The Morgan fingerprint density at radius 3 is 2.48 bits per heavy atom. The molecule has 27 heavy (non-hydrogen) atoms. The zero-order chi connectivity index (χ0) is 19.6. The lowest BCUT2D eigenvalue weighted by Crippen LogP contribution is -2.54. The number of anilines is 1. The van der Waals surface area contributed by atoms with Crippen LogP contribution in [0.5, 0.6) is 11.5 Å². The predicted molar refractivity (Wildman–Crippen MR) is 107 cm³/mol. The van der Waals surface area contributed by atoms with Gasteiger partial charge in [0.05, 0.1) is 12.8 Å². The van der Waals surface area contributed by atoms with Gasteiger partial charge >= 0.3 is 0 Å². The summed E-state index contributed by atoms with van der Waals surface area (Å²) >= 11 is 5.19. The van der Waals surface area contributed by atoms with Gasteiger partial charge in [-0.3, -0.25) is 19.8 Å². The van der Waals surface area contributed by atoms with Gasteiger partial charge in [-0.1, -0.05) is 25.1 Å². The van der Waals surface area contributed by atoms with Gasteiger partial charge in [0, 0.05) is 0 Å². The molecule has 1 aliphatic heterocycles. The molecule has 138 valence electrons. The SMILES string of the molecule is CCc1ccc(N2C(=O)C(=Cc3ccc(OC)c(O)c3)C(=O)NC2=S)cc1. The highest BCUT2D eigenvalue weighted by molar-refractivity contribution is 7.80. The molecule has 0 bridgehead atoms. The number of methoxy groups -OCH3 is 1. The molecule has 0 atom stereocenters. The lowest BCUT2D eigenvalue weighted by atomic mass is 10.1. The minimum absolute atomic E-state index is 0.0315. The molecule has 0 unspecified atom stereocenters. The minimum Gasteiger partial charge on any atom is -0.504 e. The number of ether oxygens (including phenoxy) is 1. The van der Waals surface area contributed by atoms with E-state index in [0.717, 1.165) is 12.0 Å². The van der Waals surface area contributed by atoms with Crippen molar-refractivity contribution >= 4 is 40.9 Å². The molecule has 2 aromatic rings. The van der Waals surface area contributed by atoms with E-state index < -0.39 is 11.8 Å². The Balaban J connectivity index is 1.97. The molecule has 6 nitrogen and oxygen atoms in total. The second kappa shape index (κ2) is 7.59. The van der Waals surface area contributed by atoms with Crippen molar-refractivity contribution in [2.45, 2.75) is 13.3 Å². The third kappa shape index (κ3) is 3.68. The normalized spacial score (nSPS) is 15.9. The summed E-state index contributed by atoms with van der Waals surface area (Å²) in [7, 11) is 1.44. The van der Waals surface area contributed by atoms with Crippen LogP contribution in [0.3, 0.4) is 0 Å². The van der Waals surface area contributed by atoms with Crippen LogP contribution in [-0.2, 0) is 16.0 Å². The molecular formula is C20H18N2O4S. The molecule has 0 radical (unpaired) electrons. The van der Waals surface area contributed by atoms with Crippen LogP contribution in [0.4, 0.5) is 5.69 Å². The molecule has 1 heterocycles. The van der Waals surface area contributed by atoms with Crippen molar-refractivity contribution in [3.8, 4) is 11.5 Å². The summed E-state index contributed by atoms with van der Waals surface area (Å²) in [6.07, 6.45) is 2.29. The van der Waals surface area contributed by atoms with Gasteiger partial charge in [-0.2, -0.15) is 0 Å². The molecule has 0 saturated carbocycles. The number of thiocarbonyl (C=S) groups is 1. The number of amides is 2. The number of hydrogen-bond donors (Lipinski definition) is 2. The number of nitrogens with one attached hydrogen (secondary N) is 1. The Kier molecular flexibility index (Phi) is 5.23. The lowest BCUT2D eigenvalue weighted by molar-refractivity contribution is -0.122. The van der Waals surface area contributed by atoms with E-state index >= 15 is 0 Å². The summed E-state index contributed by atoms with van der Waals surface area (Å²) in [5, 5.41) is 12.5. The molecule has 1 aliphatic rings. The maximum atomic E-state index is 12.9. The average molecular weight is 382 g/mol. The maximum Gasteiger partial charge on any atom is 0.270 e. The smallest absolute Gasteiger partial charge is 0.270 e. The standard InChI is InChI=1S/C20H18N2O4S/c1-3-12-4-7-14(8-5-12)22-19(25)15(18(24)21-20(22)27)10-13-6-9-17(26-2)16(23)11-13/h4-11,23H,3H2,1-2H3,(H,21,24,27). The zero-order valence-electron chi connectivity index (χ0n) is 14.9. The molecule has 3 rings (SSSR count). The Labute approximate surface area is 162 Å². The van der Waals surface area contributed by atoms with Gasteiger partial charge in [-0.15, -0.1) is 0 Å². The molecule has 0 aromatic heterocycles. The Morgan fingerprint density at radius 1 is 1.19 bits per heavy atom. The second-order valence-electron chi connectivity index (χ2n) is 5.91. The number of benzene rings is 2. The van der Waals surface area contributed by atoms with Crippen molar-refractivity contribution in [3.63, 3.8) is 0 Å². The third-order valence-corrected chi connectivity index (χ3v) is 4.50. The van der Waals surface area contributed by atoms with Crippen LogP contribution in [0.1, 0.15) is 18.1 Å². The first-order chi connectivity index (χ1) is 12.9. The minimum atomic E-state index is -0.582. The molecule has 2 amide bonds. The van der Waals surface area contributed by atoms with E-state index in [4.69, 9.17) is 17.0 Å². The number of rotatable bonds is 4. The first kappa shape index (κ1) is 18.6. The summed E-state index contributed by atoms with van der Waals surface area (Å²) in [5.41, 5.74) is 2.11. The molecule has 0 aliphatic carbocycles. The first-order valence-electron chi connectivity index (χ1n) is 8.32. The summed E-state index contributed by atoms with van der Waals surface area (Å²) in [6, 6.07) is 12.0. The summed E-state index contributed by atoms with van der Waals surface area (Å²) in [4.78, 5) is 26.5. The highest BCUT2D eigenvalue weighted by atomic mass is 32.1. The number of carbonyl (C=O) groups is 2. The van der Waals surface area contributed by atoms with E-state index in [1.807, 2.05) is 19.1 Å². The summed E-state index contributed by atoms with van der Waals surface area (Å²) in [5.74, 6) is -0.890. The number of phenolic OH excluding ortho intramolecular Hbond substituents is 1. The second-order valence-corrected chi connectivity index (χ2v) is 6.30. The van der Waals surface area contributed by atoms with Crippen molar-refractivity contribution in [1.29, 1.82) is 0 Å². The largest absolute Gasteiger partial charge is 0.504 e. The number of phenols is 1. The monoisotopic (exact) mass is 382 g/mol. The van der Waals surface area contributed by atoms with Crippen LogP contribution in [0.25, 0.3) is 6.08 Å². The molecular weight excluding hydrogens is 364 g/mol. The van der Waals surface area contributed by atoms with Crippen molar-refractivity contribution in [2.75, 3.05) is 12.0 Å². The number of nitrogens with zero attached hydrogens (tertiary/aromatic N) is 1. The fourth-order valence-corrected chi connectivity index (χ4v) is 3.02. The molecule has 2 N–H and O–H groups in total. The topological polar surface area (TPSA) is 78.9 Å². The lowest BCUT2D eigenvalue weighted by Gasteiger charge is -2.29. The van der Waals surface area contributed by atoms with Crippen LogP contribution in [0.15, 0.2) is 48.0 Å². The first-order valence-corrected chi connectivity index (χ1v) is 8.72. The maximum absolute atomic E-state index is 12.9. The van der Waals surface area contributed by atoms with Gasteiger partial charge in [0.15, 0.2) is 16.6 Å². The summed E-state index contributed by atoms with van der Waals surface area (Å²) < 4.78 is 5.00. The van der Waals surface area contributed by atoms with E-state index in [1.54, 1.807) is 24.3 Å². The van der Waals surface area contributed by atoms with Gasteiger partial charge in [0.2, 0.25) is 0 Å². The van der Waals surface area contributed by atoms with Crippen LogP contribution in [-0.4, -0.2) is 29.1 Å². The number of hydrogen-bond acceptors (Lipinski definition) is 5. The molecule has 0 spiro atoms. The average Bonchev–Trinajstić information content (AvgIpc) is 2.65. The molecule has 7 heteroatoms. The highest BCUT2D eigenvalue weighted by Gasteiger charge is 2.34. The highest BCUT2D eigenvalue weighted by Crippen LogP contribution is 2.28.